The van der Waals surface area contributed by atoms with E-state index in [1.807, 2.05) is 13.2 Å². The second-order valence-corrected chi connectivity index (χ2v) is 5.85. The summed E-state index contributed by atoms with van der Waals surface area (Å²) in [4.78, 5) is 13.2. The van der Waals surface area contributed by atoms with E-state index in [9.17, 15) is 18.0 Å². The van der Waals surface area contributed by atoms with Crippen LogP contribution < -0.4 is 5.32 Å². The highest BCUT2D eigenvalue weighted by Gasteiger charge is 2.15. The summed E-state index contributed by atoms with van der Waals surface area (Å²) < 4.78 is 39.1. The molecule has 1 aromatic rings. The third-order valence-electron chi connectivity index (χ3n) is 2.93. The van der Waals surface area contributed by atoms with Gasteiger partial charge in [-0.25, -0.2) is 18.0 Å². The fraction of sp³-hybridized carbons (Fsp3) is 0.500. The van der Waals surface area contributed by atoms with Gasteiger partial charge in [0.1, 0.15) is 0 Å². The monoisotopic (exact) mass is 320 g/mol. The van der Waals surface area contributed by atoms with Gasteiger partial charge < -0.3 is 10.2 Å². The number of carbonyl (C=O) groups excluding carboxylic acids is 1. The van der Waals surface area contributed by atoms with Crippen LogP contribution in [0.15, 0.2) is 12.1 Å². The lowest BCUT2D eigenvalue weighted by Gasteiger charge is -2.21. The van der Waals surface area contributed by atoms with Crippen molar-refractivity contribution >= 4 is 17.8 Å². The summed E-state index contributed by atoms with van der Waals surface area (Å²) in [5, 5.41) is 2.79. The molecular formula is C14H19F3N2OS. The standard InChI is InChI=1S/C14H19F3N2OS/c1-9(4-5-21-3)18-14(20)19(2)8-10-6-11(15)13(17)12(16)7-10/h6-7,9H,4-5,8H2,1-3H3,(H,18,20). The first kappa shape index (κ1) is 17.7. The minimum absolute atomic E-state index is 0.00476. The van der Waals surface area contributed by atoms with Crippen LogP contribution in [0.1, 0.15) is 18.9 Å². The first-order valence-electron chi connectivity index (χ1n) is 6.49. The molecule has 1 rings (SSSR count). The normalized spacial score (nSPS) is 12.1. The van der Waals surface area contributed by atoms with Gasteiger partial charge in [0.25, 0.3) is 0 Å². The van der Waals surface area contributed by atoms with Crippen LogP contribution in [0.25, 0.3) is 0 Å². The zero-order chi connectivity index (χ0) is 16.0. The molecule has 0 heterocycles. The number of benzene rings is 1. The largest absolute Gasteiger partial charge is 0.336 e. The smallest absolute Gasteiger partial charge is 0.317 e. The molecule has 118 valence electrons. The number of thioether (sulfide) groups is 1. The van der Waals surface area contributed by atoms with Gasteiger partial charge in [-0.15, -0.1) is 0 Å². The van der Waals surface area contributed by atoms with Crippen molar-refractivity contribution < 1.29 is 18.0 Å². The van der Waals surface area contributed by atoms with Gasteiger partial charge in [0, 0.05) is 19.6 Å². The van der Waals surface area contributed by atoms with Crippen LogP contribution in [0.3, 0.4) is 0 Å². The maximum Gasteiger partial charge on any atom is 0.317 e. The second kappa shape index (κ2) is 8.17. The molecule has 0 aliphatic rings. The topological polar surface area (TPSA) is 32.3 Å². The van der Waals surface area contributed by atoms with Crippen LogP contribution in [0.5, 0.6) is 0 Å². The van der Waals surface area contributed by atoms with Gasteiger partial charge in [0.15, 0.2) is 17.5 Å². The van der Waals surface area contributed by atoms with Crippen LogP contribution in [0.2, 0.25) is 0 Å². The molecule has 1 atom stereocenters. The van der Waals surface area contributed by atoms with Gasteiger partial charge in [-0.1, -0.05) is 0 Å². The molecule has 0 radical (unpaired) electrons. The lowest BCUT2D eigenvalue weighted by Crippen LogP contribution is -2.41. The van der Waals surface area contributed by atoms with Gasteiger partial charge in [-0.2, -0.15) is 11.8 Å². The number of halogens is 3. The van der Waals surface area contributed by atoms with E-state index >= 15 is 0 Å². The third kappa shape index (κ3) is 5.49. The Bertz CT molecular complexity index is 476. The average Bonchev–Trinajstić information content (AvgIpc) is 2.42. The minimum Gasteiger partial charge on any atom is -0.336 e. The maximum absolute atomic E-state index is 13.1. The Morgan fingerprint density at radius 1 is 1.33 bits per heavy atom. The van der Waals surface area contributed by atoms with Crippen molar-refractivity contribution in [1.82, 2.24) is 10.2 Å². The number of carbonyl (C=O) groups is 1. The average molecular weight is 320 g/mol. The predicted octanol–water partition coefficient (Wildman–Crippen LogP) is 3.39. The number of hydrogen-bond donors (Lipinski definition) is 1. The highest BCUT2D eigenvalue weighted by molar-refractivity contribution is 7.98. The van der Waals surface area contributed by atoms with E-state index in [4.69, 9.17) is 0 Å². The summed E-state index contributed by atoms with van der Waals surface area (Å²) in [5.41, 5.74) is 0.195. The van der Waals surface area contributed by atoms with E-state index in [0.29, 0.717) is 0 Å². The van der Waals surface area contributed by atoms with Gasteiger partial charge in [-0.05, 0) is 43.0 Å². The Morgan fingerprint density at radius 3 is 2.43 bits per heavy atom. The molecule has 1 N–H and O–H groups in total. The Kier molecular flexibility index (Phi) is 6.87. The lowest BCUT2D eigenvalue weighted by atomic mass is 10.2. The lowest BCUT2D eigenvalue weighted by molar-refractivity contribution is 0.203. The van der Waals surface area contributed by atoms with Crippen molar-refractivity contribution in [3.8, 4) is 0 Å². The zero-order valence-electron chi connectivity index (χ0n) is 12.3. The second-order valence-electron chi connectivity index (χ2n) is 4.86. The fourth-order valence-electron chi connectivity index (χ4n) is 1.73. The predicted molar refractivity (Wildman–Crippen MR) is 78.8 cm³/mol. The third-order valence-corrected chi connectivity index (χ3v) is 3.58. The first-order chi connectivity index (χ1) is 9.85. The van der Waals surface area contributed by atoms with Gasteiger partial charge >= 0.3 is 6.03 Å². The van der Waals surface area contributed by atoms with Gasteiger partial charge in [-0.3, -0.25) is 0 Å². The van der Waals surface area contributed by atoms with E-state index in [2.05, 4.69) is 5.32 Å². The van der Waals surface area contributed by atoms with Crippen LogP contribution in [-0.2, 0) is 6.54 Å². The summed E-state index contributed by atoms with van der Waals surface area (Å²) in [5.74, 6) is -3.09. The number of nitrogens with zero attached hydrogens (tertiary/aromatic N) is 1. The molecule has 3 nitrogen and oxygen atoms in total. The van der Waals surface area contributed by atoms with Crippen molar-refractivity contribution in [2.24, 2.45) is 0 Å². The van der Waals surface area contributed by atoms with Crippen LogP contribution in [0, 0.1) is 17.5 Å². The summed E-state index contributed by atoms with van der Waals surface area (Å²) in [6.07, 6.45) is 2.82. The maximum atomic E-state index is 13.1. The highest BCUT2D eigenvalue weighted by Crippen LogP contribution is 2.15. The van der Waals surface area contributed by atoms with E-state index in [1.54, 1.807) is 11.8 Å². The molecule has 0 aromatic heterocycles. The Labute approximate surface area is 126 Å². The molecule has 0 fully saturated rings. The number of amides is 2. The van der Waals surface area contributed by atoms with E-state index in [1.165, 1.54) is 11.9 Å². The molecule has 2 amide bonds. The molecule has 0 aliphatic carbocycles. The molecule has 0 spiro atoms. The first-order valence-corrected chi connectivity index (χ1v) is 7.88. The van der Waals surface area contributed by atoms with Crippen molar-refractivity contribution in [2.45, 2.75) is 25.9 Å². The number of nitrogens with one attached hydrogen (secondary N) is 1. The summed E-state index contributed by atoms with van der Waals surface area (Å²) in [6, 6.07) is 1.45. The summed E-state index contributed by atoms with van der Waals surface area (Å²) >= 11 is 1.69. The van der Waals surface area contributed by atoms with E-state index in [0.717, 1.165) is 24.3 Å². The van der Waals surface area contributed by atoms with Crippen molar-refractivity contribution in [3.05, 3.63) is 35.1 Å². The molecule has 1 aromatic carbocycles. The summed E-state index contributed by atoms with van der Waals surface area (Å²) in [7, 11) is 1.51. The molecule has 21 heavy (non-hydrogen) atoms. The number of hydrogen-bond acceptors (Lipinski definition) is 2. The van der Waals surface area contributed by atoms with Crippen molar-refractivity contribution in [1.29, 1.82) is 0 Å². The van der Waals surface area contributed by atoms with Gasteiger partial charge in [0.2, 0.25) is 0 Å². The van der Waals surface area contributed by atoms with Crippen molar-refractivity contribution in [2.75, 3.05) is 19.1 Å². The fourth-order valence-corrected chi connectivity index (χ4v) is 2.32. The molecule has 0 saturated carbocycles. The molecule has 7 heteroatoms. The van der Waals surface area contributed by atoms with Crippen LogP contribution >= 0.6 is 11.8 Å². The molecule has 0 saturated heterocycles. The number of urea groups is 1. The summed E-state index contributed by atoms with van der Waals surface area (Å²) in [6.45, 7) is 1.88. The highest BCUT2D eigenvalue weighted by atomic mass is 32.2. The van der Waals surface area contributed by atoms with E-state index in [-0.39, 0.29) is 24.2 Å². The molecule has 0 aliphatic heterocycles. The zero-order valence-corrected chi connectivity index (χ0v) is 13.1. The minimum atomic E-state index is -1.50. The number of rotatable bonds is 6. The van der Waals surface area contributed by atoms with Crippen LogP contribution in [-0.4, -0.2) is 36.0 Å². The molecule has 1 unspecified atom stereocenters. The van der Waals surface area contributed by atoms with Crippen LogP contribution in [0.4, 0.5) is 18.0 Å². The Hall–Kier alpha value is -1.37. The SMILES string of the molecule is CSCCC(C)NC(=O)N(C)Cc1cc(F)c(F)c(F)c1. The quantitative estimate of drug-likeness (QED) is 0.815. The van der Waals surface area contributed by atoms with Gasteiger partial charge in [0.05, 0.1) is 0 Å². The Morgan fingerprint density at radius 2 is 1.90 bits per heavy atom. The van der Waals surface area contributed by atoms with E-state index < -0.39 is 17.5 Å². The Balaban J connectivity index is 2.60. The molecular weight excluding hydrogens is 301 g/mol. The van der Waals surface area contributed by atoms with Crippen molar-refractivity contribution in [3.63, 3.8) is 0 Å². The molecule has 0 bridgehead atoms.